The molecule has 1 atom stereocenters. The van der Waals surface area contributed by atoms with Crippen LogP contribution in [0.1, 0.15) is 36.0 Å². The average molecular weight is 397 g/mol. The quantitative estimate of drug-likeness (QED) is 0.712. The van der Waals surface area contributed by atoms with Gasteiger partial charge in [-0.25, -0.2) is 17.5 Å². The van der Waals surface area contributed by atoms with Crippen molar-refractivity contribution in [3.8, 4) is 0 Å². The van der Waals surface area contributed by atoms with E-state index in [0.717, 1.165) is 12.1 Å². The number of benzene rings is 1. The number of sulfonamides is 1. The number of carbonyl (C=O) groups is 1. The maximum absolute atomic E-state index is 14.0. The number of likely N-dealkylation sites (N-methyl/N-ethyl adjacent to an activating group) is 1. The molecule has 27 heavy (non-hydrogen) atoms. The molecule has 0 fully saturated rings. The second-order valence-electron chi connectivity index (χ2n) is 6.63. The van der Waals surface area contributed by atoms with Crippen LogP contribution in [-0.4, -0.2) is 45.9 Å². The van der Waals surface area contributed by atoms with Crippen LogP contribution in [0.4, 0.5) is 4.39 Å². The van der Waals surface area contributed by atoms with Crippen LogP contribution in [-0.2, 0) is 10.0 Å². The van der Waals surface area contributed by atoms with E-state index < -0.39 is 32.7 Å². The molecule has 1 heterocycles. The van der Waals surface area contributed by atoms with Crippen LogP contribution in [0.2, 0.25) is 0 Å². The van der Waals surface area contributed by atoms with E-state index >= 15 is 0 Å². The Morgan fingerprint density at radius 1 is 1.26 bits per heavy atom. The van der Waals surface area contributed by atoms with Crippen molar-refractivity contribution < 1.29 is 22.0 Å². The third-order valence-electron chi connectivity index (χ3n) is 3.82. The number of hydrogen-bond acceptors (Lipinski definition) is 5. The van der Waals surface area contributed by atoms with E-state index in [1.54, 1.807) is 32.2 Å². The summed E-state index contributed by atoms with van der Waals surface area (Å²) in [6.45, 7) is 3.49. The highest BCUT2D eigenvalue weighted by Gasteiger charge is 2.23. The normalized spacial score (nSPS) is 13.1. The zero-order chi connectivity index (χ0) is 20.2. The second kappa shape index (κ2) is 8.64. The van der Waals surface area contributed by atoms with Crippen molar-refractivity contribution in [3.63, 3.8) is 0 Å². The van der Waals surface area contributed by atoms with E-state index in [-0.39, 0.29) is 18.2 Å². The van der Waals surface area contributed by atoms with Gasteiger partial charge in [-0.05, 0) is 58.3 Å². The summed E-state index contributed by atoms with van der Waals surface area (Å²) in [5, 5.41) is 2.73. The molecule has 1 amide bonds. The minimum Gasteiger partial charge on any atom is -0.468 e. The highest BCUT2D eigenvalue weighted by Crippen LogP contribution is 2.19. The van der Waals surface area contributed by atoms with Gasteiger partial charge in [0.25, 0.3) is 5.91 Å². The van der Waals surface area contributed by atoms with Crippen molar-refractivity contribution in [3.05, 3.63) is 53.7 Å². The number of rotatable bonds is 8. The van der Waals surface area contributed by atoms with Crippen LogP contribution in [0.5, 0.6) is 0 Å². The Morgan fingerprint density at radius 3 is 2.52 bits per heavy atom. The molecule has 1 unspecified atom stereocenters. The SMILES string of the molecule is CC(C)NS(=O)(=O)c1cc(C(=O)NCC(c2ccco2)N(C)C)ccc1F. The molecule has 2 N–H and O–H groups in total. The van der Waals surface area contributed by atoms with Crippen LogP contribution in [0.25, 0.3) is 0 Å². The smallest absolute Gasteiger partial charge is 0.251 e. The molecule has 0 saturated heterocycles. The lowest BCUT2D eigenvalue weighted by Crippen LogP contribution is -2.35. The maximum atomic E-state index is 14.0. The molecular weight excluding hydrogens is 373 g/mol. The predicted molar refractivity (Wildman–Crippen MR) is 99.3 cm³/mol. The highest BCUT2D eigenvalue weighted by molar-refractivity contribution is 7.89. The van der Waals surface area contributed by atoms with Gasteiger partial charge in [0.1, 0.15) is 16.5 Å². The molecule has 2 rings (SSSR count). The monoisotopic (exact) mass is 397 g/mol. The Morgan fingerprint density at radius 2 is 1.96 bits per heavy atom. The molecule has 0 aliphatic rings. The van der Waals surface area contributed by atoms with Crippen LogP contribution in [0.3, 0.4) is 0 Å². The van der Waals surface area contributed by atoms with Crippen molar-refractivity contribution in [1.82, 2.24) is 14.9 Å². The zero-order valence-electron chi connectivity index (χ0n) is 15.7. The molecule has 2 aromatic rings. The number of halogens is 1. The minimum absolute atomic E-state index is 0.0532. The van der Waals surface area contributed by atoms with E-state index in [9.17, 15) is 17.6 Å². The lowest BCUT2D eigenvalue weighted by molar-refractivity contribution is 0.0938. The summed E-state index contributed by atoms with van der Waals surface area (Å²) < 4.78 is 46.2. The lowest BCUT2D eigenvalue weighted by atomic mass is 10.1. The Hall–Kier alpha value is -2.23. The molecule has 1 aromatic heterocycles. The number of amides is 1. The molecule has 0 radical (unpaired) electrons. The van der Waals surface area contributed by atoms with Crippen LogP contribution < -0.4 is 10.0 Å². The van der Waals surface area contributed by atoms with Crippen molar-refractivity contribution in [1.29, 1.82) is 0 Å². The van der Waals surface area contributed by atoms with Gasteiger partial charge < -0.3 is 9.73 Å². The highest BCUT2D eigenvalue weighted by atomic mass is 32.2. The van der Waals surface area contributed by atoms with Gasteiger partial charge in [0, 0.05) is 18.2 Å². The maximum Gasteiger partial charge on any atom is 0.251 e. The largest absolute Gasteiger partial charge is 0.468 e. The van der Waals surface area contributed by atoms with E-state index in [0.29, 0.717) is 5.76 Å². The summed E-state index contributed by atoms with van der Waals surface area (Å²) in [4.78, 5) is 13.8. The standard InChI is InChI=1S/C18H24FN3O4S/c1-12(2)21-27(24,25)17-10-13(7-8-14(17)19)18(23)20-11-15(22(3)4)16-6-5-9-26-16/h5-10,12,15,21H,11H2,1-4H3,(H,20,23). The third-order valence-corrected chi connectivity index (χ3v) is 5.50. The van der Waals surface area contributed by atoms with Gasteiger partial charge in [-0.3, -0.25) is 9.69 Å². The Labute approximate surface area is 158 Å². The number of nitrogens with one attached hydrogen (secondary N) is 2. The van der Waals surface area contributed by atoms with Gasteiger partial charge in [-0.15, -0.1) is 0 Å². The van der Waals surface area contributed by atoms with E-state index in [4.69, 9.17) is 4.42 Å². The fourth-order valence-electron chi connectivity index (χ4n) is 2.53. The van der Waals surface area contributed by atoms with Crippen LogP contribution >= 0.6 is 0 Å². The molecule has 0 aliphatic carbocycles. The summed E-state index contributed by atoms with van der Waals surface area (Å²) in [7, 11) is -0.361. The summed E-state index contributed by atoms with van der Waals surface area (Å²) in [5.41, 5.74) is 0.0532. The first-order valence-electron chi connectivity index (χ1n) is 8.41. The number of carbonyl (C=O) groups excluding carboxylic acids is 1. The van der Waals surface area contributed by atoms with E-state index in [1.165, 1.54) is 6.07 Å². The predicted octanol–water partition coefficient (Wildman–Crippen LogP) is 2.14. The topological polar surface area (TPSA) is 91.6 Å². The van der Waals surface area contributed by atoms with Crippen molar-refractivity contribution in [2.24, 2.45) is 0 Å². The van der Waals surface area contributed by atoms with Gasteiger partial charge in [-0.2, -0.15) is 0 Å². The number of hydrogen-bond donors (Lipinski definition) is 2. The molecule has 9 heteroatoms. The molecular formula is C18H24FN3O4S. The van der Waals surface area contributed by atoms with E-state index in [1.807, 2.05) is 19.0 Å². The first-order chi connectivity index (χ1) is 12.6. The molecule has 0 spiro atoms. The summed E-state index contributed by atoms with van der Waals surface area (Å²) in [6, 6.07) is 6.21. The summed E-state index contributed by atoms with van der Waals surface area (Å²) in [5.74, 6) is -0.736. The Bertz CT molecular complexity index is 880. The Balaban J connectivity index is 2.18. The fourth-order valence-corrected chi connectivity index (χ4v) is 3.89. The Kier molecular flexibility index (Phi) is 6.74. The molecule has 148 valence electrons. The number of furan rings is 1. The van der Waals surface area contributed by atoms with Gasteiger partial charge in [-0.1, -0.05) is 0 Å². The average Bonchev–Trinajstić information content (AvgIpc) is 3.07. The van der Waals surface area contributed by atoms with Crippen molar-refractivity contribution >= 4 is 15.9 Å². The fraction of sp³-hybridized carbons (Fsp3) is 0.389. The van der Waals surface area contributed by atoms with Gasteiger partial charge in [0.2, 0.25) is 10.0 Å². The second-order valence-corrected chi connectivity index (χ2v) is 8.31. The molecule has 0 bridgehead atoms. The van der Waals surface area contributed by atoms with Gasteiger partial charge in [0.05, 0.1) is 12.3 Å². The minimum atomic E-state index is -4.05. The summed E-state index contributed by atoms with van der Waals surface area (Å²) in [6.07, 6.45) is 1.55. The molecule has 7 nitrogen and oxygen atoms in total. The van der Waals surface area contributed by atoms with Gasteiger partial charge in [0.15, 0.2) is 0 Å². The van der Waals surface area contributed by atoms with E-state index in [2.05, 4.69) is 10.0 Å². The van der Waals surface area contributed by atoms with Gasteiger partial charge >= 0.3 is 0 Å². The summed E-state index contributed by atoms with van der Waals surface area (Å²) >= 11 is 0. The molecule has 0 aliphatic heterocycles. The number of nitrogens with zero attached hydrogens (tertiary/aromatic N) is 1. The van der Waals surface area contributed by atoms with Crippen LogP contribution in [0.15, 0.2) is 45.9 Å². The molecule has 0 saturated carbocycles. The third kappa shape index (κ3) is 5.38. The first-order valence-corrected chi connectivity index (χ1v) is 9.90. The lowest BCUT2D eigenvalue weighted by Gasteiger charge is -2.22. The first kappa shape index (κ1) is 21.1. The zero-order valence-corrected chi connectivity index (χ0v) is 16.5. The van der Waals surface area contributed by atoms with Crippen molar-refractivity contribution in [2.75, 3.05) is 20.6 Å². The van der Waals surface area contributed by atoms with Crippen LogP contribution in [0, 0.1) is 5.82 Å². The van der Waals surface area contributed by atoms with Crippen molar-refractivity contribution in [2.45, 2.75) is 30.8 Å². The molecule has 1 aromatic carbocycles.